The van der Waals surface area contributed by atoms with Crippen LogP contribution in [-0.2, 0) is 6.54 Å². The van der Waals surface area contributed by atoms with Crippen molar-refractivity contribution in [2.24, 2.45) is 0 Å². The molecule has 1 aliphatic rings. The zero-order valence-corrected chi connectivity index (χ0v) is 17.7. The molecular weight excluding hydrogens is 473 g/mol. The molecule has 3 heterocycles. The highest BCUT2D eigenvalue weighted by Gasteiger charge is 2.23. The lowest BCUT2D eigenvalue weighted by Gasteiger charge is -2.05. The summed E-state index contributed by atoms with van der Waals surface area (Å²) in [5, 5.41) is 3.60. The number of imidazole rings is 1. The molecule has 5 rings (SSSR count). The molecule has 1 aliphatic carbocycles. The standard InChI is InChI=1S/C19H18IN5OS/c1-26-14-6-2-12(3-7-14)18-16-10-22-19-15(8-9-24(19)27-20)25(16)17(23-18)11-21-13-4-5-13/h2-3,6-10,13,21H,4-5,11H2,1H3. The number of fused-ring (bicyclic) bond motifs is 3. The summed E-state index contributed by atoms with van der Waals surface area (Å²) in [6.07, 6.45) is 6.50. The molecule has 0 radical (unpaired) electrons. The van der Waals surface area contributed by atoms with Gasteiger partial charge in [0.05, 0.1) is 36.6 Å². The van der Waals surface area contributed by atoms with Crippen LogP contribution in [0.3, 0.4) is 0 Å². The SMILES string of the molecule is COc1ccc(-c2nc(CNC3CC3)n3c2cnc2c3ccn2SI)cc1. The maximum Gasteiger partial charge on any atom is 0.167 e. The van der Waals surface area contributed by atoms with Crippen LogP contribution in [0.5, 0.6) is 5.75 Å². The quantitative estimate of drug-likeness (QED) is 0.404. The Kier molecular flexibility index (Phi) is 4.49. The summed E-state index contributed by atoms with van der Waals surface area (Å²) in [5.74, 6) is 1.86. The molecule has 0 aliphatic heterocycles. The van der Waals surface area contributed by atoms with E-state index in [1.165, 1.54) is 12.8 Å². The van der Waals surface area contributed by atoms with Gasteiger partial charge in [0.2, 0.25) is 0 Å². The molecule has 1 N–H and O–H groups in total. The van der Waals surface area contributed by atoms with Crippen LogP contribution < -0.4 is 10.1 Å². The number of ether oxygens (including phenoxy) is 1. The molecule has 4 aromatic rings. The molecule has 0 amide bonds. The Balaban J connectivity index is 1.70. The van der Waals surface area contributed by atoms with E-state index >= 15 is 0 Å². The number of aromatic nitrogens is 4. The second-order valence-electron chi connectivity index (χ2n) is 6.66. The van der Waals surface area contributed by atoms with Crippen molar-refractivity contribution in [3.63, 3.8) is 0 Å². The minimum Gasteiger partial charge on any atom is -0.497 e. The van der Waals surface area contributed by atoms with Crippen LogP contribution in [0.15, 0.2) is 42.7 Å². The van der Waals surface area contributed by atoms with Gasteiger partial charge < -0.3 is 10.1 Å². The number of methoxy groups -OCH3 is 1. The molecule has 1 saturated carbocycles. The normalized spacial score (nSPS) is 14.3. The van der Waals surface area contributed by atoms with Gasteiger partial charge in [-0.1, -0.05) is 0 Å². The Labute approximate surface area is 173 Å². The molecule has 27 heavy (non-hydrogen) atoms. The van der Waals surface area contributed by atoms with Crippen molar-refractivity contribution in [1.82, 2.24) is 23.7 Å². The molecular formula is C19H18IN5OS. The van der Waals surface area contributed by atoms with Crippen molar-refractivity contribution in [2.75, 3.05) is 7.11 Å². The van der Waals surface area contributed by atoms with Crippen molar-refractivity contribution < 1.29 is 4.74 Å². The van der Waals surface area contributed by atoms with Gasteiger partial charge in [0.25, 0.3) is 0 Å². The summed E-state index contributed by atoms with van der Waals surface area (Å²) in [5.41, 5.74) is 5.07. The average Bonchev–Trinajstić information content (AvgIpc) is 3.33. The predicted molar refractivity (Wildman–Crippen MR) is 117 cm³/mol. The first-order chi connectivity index (χ1) is 13.3. The van der Waals surface area contributed by atoms with Gasteiger partial charge in [0, 0.05) is 48.1 Å². The summed E-state index contributed by atoms with van der Waals surface area (Å²) in [6.45, 7) is 0.754. The van der Waals surface area contributed by atoms with Gasteiger partial charge in [0.1, 0.15) is 11.6 Å². The van der Waals surface area contributed by atoms with Crippen LogP contribution in [-0.4, -0.2) is 31.5 Å². The maximum absolute atomic E-state index is 5.29. The average molecular weight is 491 g/mol. The topological polar surface area (TPSA) is 56.4 Å². The first-order valence-electron chi connectivity index (χ1n) is 8.83. The Morgan fingerprint density at radius 1 is 1.22 bits per heavy atom. The summed E-state index contributed by atoms with van der Waals surface area (Å²) >= 11 is 2.28. The van der Waals surface area contributed by atoms with E-state index in [0.717, 1.165) is 46.1 Å². The van der Waals surface area contributed by atoms with E-state index in [9.17, 15) is 0 Å². The molecule has 1 aromatic carbocycles. The van der Waals surface area contributed by atoms with E-state index in [4.69, 9.17) is 14.7 Å². The monoisotopic (exact) mass is 491 g/mol. The Bertz CT molecular complexity index is 1120. The van der Waals surface area contributed by atoms with Crippen molar-refractivity contribution >= 4 is 47.0 Å². The summed E-state index contributed by atoms with van der Waals surface area (Å²) in [7, 11) is 3.30. The molecule has 0 unspecified atom stereocenters. The lowest BCUT2D eigenvalue weighted by Crippen LogP contribution is -2.17. The zero-order chi connectivity index (χ0) is 18.4. The minimum atomic E-state index is 0.633. The van der Waals surface area contributed by atoms with E-state index in [2.05, 4.69) is 59.3 Å². The Morgan fingerprint density at radius 2 is 2.04 bits per heavy atom. The third-order valence-corrected chi connectivity index (χ3v) is 6.62. The van der Waals surface area contributed by atoms with Crippen LogP contribution in [0.25, 0.3) is 27.9 Å². The number of hydrogen-bond acceptors (Lipinski definition) is 5. The summed E-state index contributed by atoms with van der Waals surface area (Å²) in [4.78, 5) is 9.71. The van der Waals surface area contributed by atoms with Crippen LogP contribution in [0.1, 0.15) is 18.7 Å². The van der Waals surface area contributed by atoms with E-state index in [0.29, 0.717) is 6.04 Å². The van der Waals surface area contributed by atoms with E-state index in [1.54, 1.807) is 16.2 Å². The highest BCUT2D eigenvalue weighted by Crippen LogP contribution is 2.31. The fourth-order valence-corrected chi connectivity index (χ4v) is 4.61. The van der Waals surface area contributed by atoms with Gasteiger partial charge in [0.15, 0.2) is 5.65 Å². The molecule has 1 fully saturated rings. The van der Waals surface area contributed by atoms with Gasteiger partial charge in [-0.15, -0.1) is 0 Å². The summed E-state index contributed by atoms with van der Waals surface area (Å²) < 4.78 is 9.60. The first kappa shape index (κ1) is 17.3. The number of halogens is 1. The molecule has 3 aromatic heterocycles. The van der Waals surface area contributed by atoms with Crippen LogP contribution >= 0.6 is 30.3 Å². The molecule has 0 saturated heterocycles. The van der Waals surface area contributed by atoms with E-state index in [1.807, 2.05) is 18.3 Å². The van der Waals surface area contributed by atoms with E-state index < -0.39 is 0 Å². The molecule has 0 spiro atoms. The van der Waals surface area contributed by atoms with Crippen molar-refractivity contribution in [2.45, 2.75) is 25.4 Å². The zero-order valence-electron chi connectivity index (χ0n) is 14.7. The first-order valence-corrected chi connectivity index (χ1v) is 12.1. The number of benzene rings is 1. The van der Waals surface area contributed by atoms with Crippen molar-refractivity contribution in [1.29, 1.82) is 0 Å². The van der Waals surface area contributed by atoms with E-state index in [-0.39, 0.29) is 0 Å². The second kappa shape index (κ2) is 6.99. The number of hydrogen-bond donors (Lipinski definition) is 1. The largest absolute Gasteiger partial charge is 0.497 e. The van der Waals surface area contributed by atoms with Crippen molar-refractivity contribution in [3.8, 4) is 17.0 Å². The molecule has 138 valence electrons. The number of nitrogens with one attached hydrogen (secondary N) is 1. The fourth-order valence-electron chi connectivity index (χ4n) is 3.34. The molecule has 0 bridgehead atoms. The second-order valence-corrected chi connectivity index (χ2v) is 8.37. The minimum absolute atomic E-state index is 0.633. The van der Waals surface area contributed by atoms with Crippen LogP contribution in [0.4, 0.5) is 0 Å². The highest BCUT2D eigenvalue weighted by molar-refractivity contribution is 14.2. The summed E-state index contributed by atoms with van der Waals surface area (Å²) in [6, 6.07) is 10.8. The number of nitrogens with zero attached hydrogens (tertiary/aromatic N) is 4. The predicted octanol–water partition coefficient (Wildman–Crippen LogP) is 4.46. The molecule has 8 heteroatoms. The maximum atomic E-state index is 5.29. The lowest BCUT2D eigenvalue weighted by molar-refractivity contribution is 0.415. The number of rotatable bonds is 6. The third-order valence-electron chi connectivity index (χ3n) is 4.90. The fraction of sp³-hybridized carbons (Fsp3) is 0.263. The van der Waals surface area contributed by atoms with Crippen LogP contribution in [0, 0.1) is 0 Å². The third kappa shape index (κ3) is 3.09. The highest BCUT2D eigenvalue weighted by atomic mass is 127. The lowest BCUT2D eigenvalue weighted by atomic mass is 10.1. The Morgan fingerprint density at radius 3 is 2.74 bits per heavy atom. The van der Waals surface area contributed by atoms with Gasteiger partial charge in [-0.05, 0) is 43.2 Å². The smallest absolute Gasteiger partial charge is 0.167 e. The Hall–Kier alpha value is -1.78. The molecule has 6 nitrogen and oxygen atoms in total. The molecule has 0 atom stereocenters. The van der Waals surface area contributed by atoms with Crippen molar-refractivity contribution in [3.05, 3.63) is 48.5 Å². The van der Waals surface area contributed by atoms with Gasteiger partial charge in [-0.25, -0.2) is 9.97 Å². The van der Waals surface area contributed by atoms with Crippen LogP contribution in [0.2, 0.25) is 0 Å². The van der Waals surface area contributed by atoms with Gasteiger partial charge >= 0.3 is 0 Å². The van der Waals surface area contributed by atoms with Gasteiger partial charge in [-0.3, -0.25) is 8.37 Å². The van der Waals surface area contributed by atoms with Gasteiger partial charge in [-0.2, -0.15) is 0 Å².